The van der Waals surface area contributed by atoms with Gasteiger partial charge in [0.1, 0.15) is 0 Å². The van der Waals surface area contributed by atoms with Crippen LogP contribution in [0.2, 0.25) is 4.08 Å². The molecule has 0 aliphatic rings. The third-order valence-corrected chi connectivity index (χ3v) is 1.13. The predicted octanol–water partition coefficient (Wildman–Crippen LogP) is 0.491. The van der Waals surface area contributed by atoms with Crippen LogP contribution < -0.4 is 0 Å². The van der Waals surface area contributed by atoms with Crippen molar-refractivity contribution in [1.29, 1.82) is 0 Å². The molecule has 0 aliphatic heterocycles. The summed E-state index contributed by atoms with van der Waals surface area (Å²) < 4.78 is 1.19. The standard InChI is InChI=1S/C3H5.Po.H/c1-3-2;;/h3H,1-2H2;;. The van der Waals surface area contributed by atoms with Crippen LogP contribution in [0.15, 0.2) is 12.7 Å². The van der Waals surface area contributed by atoms with Gasteiger partial charge in [-0.3, -0.25) is 0 Å². The Morgan fingerprint density at radius 1 is 2.00 bits per heavy atom. The first-order valence-electron chi connectivity index (χ1n) is 1.13. The molecule has 0 N–H and O–H groups in total. The van der Waals surface area contributed by atoms with Crippen molar-refractivity contribution in [3.63, 3.8) is 0 Å². The first-order chi connectivity index (χ1) is 1.91. The number of hydrogen-bond acceptors (Lipinski definition) is 0. The molecular weight excluding hydrogens is 245 g/mol. The second-order valence-electron chi connectivity index (χ2n) is 0.471. The van der Waals surface area contributed by atoms with Crippen LogP contribution in [0, 0.1) is 0 Å². The average molecular weight is 251 g/mol. The van der Waals surface area contributed by atoms with Crippen LogP contribution in [0.1, 0.15) is 0 Å². The Kier molecular flexibility index (Phi) is 4.21. The van der Waals surface area contributed by atoms with Crippen molar-refractivity contribution in [1.82, 2.24) is 0 Å². The second kappa shape index (κ2) is 3.64. The van der Waals surface area contributed by atoms with Gasteiger partial charge in [0.05, 0.1) is 0 Å². The first-order valence-corrected chi connectivity index (χ1v) is 3.59. The van der Waals surface area contributed by atoms with Gasteiger partial charge in [-0.05, 0) is 0 Å². The molecule has 0 aromatic rings. The van der Waals surface area contributed by atoms with Gasteiger partial charge in [0.2, 0.25) is 0 Å². The van der Waals surface area contributed by atoms with Crippen molar-refractivity contribution in [2.24, 2.45) is 0 Å². The van der Waals surface area contributed by atoms with Gasteiger partial charge in [-0.2, -0.15) is 0 Å². The molecule has 0 rings (SSSR count). The molecule has 0 unspecified atom stereocenters. The maximum atomic E-state index is 3.51. The predicted molar refractivity (Wildman–Crippen MR) is 22.2 cm³/mol. The topological polar surface area (TPSA) is 0 Å². The molecule has 0 aromatic carbocycles. The Bertz CT molecular complexity index is 17.2. The van der Waals surface area contributed by atoms with E-state index in [-0.39, 0.29) is 0 Å². The molecule has 0 fully saturated rings. The van der Waals surface area contributed by atoms with Crippen LogP contribution in [0.3, 0.4) is 0 Å². The SMILES string of the molecule is C=C[CH2][PoH]. The van der Waals surface area contributed by atoms with Gasteiger partial charge in [-0.1, -0.05) is 0 Å². The number of hydrogen-bond donors (Lipinski definition) is 0. The zero-order valence-electron chi connectivity index (χ0n) is 2.44. The summed E-state index contributed by atoms with van der Waals surface area (Å²) in [6.07, 6.45) is 1.92. The zero-order valence-corrected chi connectivity index (χ0v) is 5.92. The van der Waals surface area contributed by atoms with Gasteiger partial charge >= 0.3 is 41.8 Å². The molecular formula is C3H6Po. The molecule has 0 atom stereocenters. The van der Waals surface area contributed by atoms with Crippen LogP contribution in [0.25, 0.3) is 0 Å². The average Bonchev–Trinajstić information content (AvgIpc) is 1.37. The van der Waals surface area contributed by atoms with E-state index in [1.807, 2.05) is 6.08 Å². The van der Waals surface area contributed by atoms with Crippen molar-refractivity contribution in [2.75, 3.05) is 0 Å². The molecule has 0 saturated heterocycles. The van der Waals surface area contributed by atoms with E-state index in [0.717, 1.165) is 0 Å². The van der Waals surface area contributed by atoms with E-state index in [4.69, 9.17) is 0 Å². The summed E-state index contributed by atoms with van der Waals surface area (Å²) in [7, 11) is 0. The fourth-order valence-corrected chi connectivity index (χ4v) is 0. The van der Waals surface area contributed by atoms with Crippen LogP contribution in [-0.2, 0) is 0 Å². The second-order valence-corrected chi connectivity index (χ2v) is 1.89. The molecule has 0 heterocycles. The quantitative estimate of drug-likeness (QED) is 0.595. The molecule has 0 bridgehead atoms. The van der Waals surface area contributed by atoms with Crippen molar-refractivity contribution in [2.45, 2.75) is 4.08 Å². The van der Waals surface area contributed by atoms with E-state index < -0.39 is 0 Å². The van der Waals surface area contributed by atoms with Gasteiger partial charge in [-0.15, -0.1) is 0 Å². The van der Waals surface area contributed by atoms with Gasteiger partial charge in [0, 0.05) is 0 Å². The van der Waals surface area contributed by atoms with E-state index >= 15 is 0 Å². The Morgan fingerprint density at radius 3 is 2.25 bits per heavy atom. The molecule has 0 radical (unpaired) electrons. The summed E-state index contributed by atoms with van der Waals surface area (Å²) in [6, 6.07) is 0. The molecule has 0 nitrogen and oxygen atoms in total. The molecule has 0 spiro atoms. The Balaban J connectivity index is 2.30. The van der Waals surface area contributed by atoms with Crippen molar-refractivity contribution in [3.05, 3.63) is 12.7 Å². The first kappa shape index (κ1) is 4.64. The normalized spacial score (nSPS) is 6.25. The summed E-state index contributed by atoms with van der Waals surface area (Å²) in [5.74, 6) is 0. The van der Waals surface area contributed by atoms with Gasteiger partial charge in [0.15, 0.2) is 0 Å². The van der Waals surface area contributed by atoms with Gasteiger partial charge < -0.3 is 0 Å². The monoisotopic (exact) mass is 251 g/mol. The fraction of sp³-hybridized carbons (Fsp3) is 0.333. The van der Waals surface area contributed by atoms with Crippen LogP contribution in [-0.4, -0.2) is 25.1 Å². The maximum absolute atomic E-state index is 3.51. The molecule has 0 amide bonds. The zero-order chi connectivity index (χ0) is 3.41. The van der Waals surface area contributed by atoms with E-state index in [9.17, 15) is 0 Å². The van der Waals surface area contributed by atoms with Gasteiger partial charge in [0.25, 0.3) is 0 Å². The summed E-state index contributed by atoms with van der Waals surface area (Å²) in [6.45, 7) is 3.51. The minimum absolute atomic E-state index is 1.19. The van der Waals surface area contributed by atoms with E-state index in [1.165, 1.54) is 29.1 Å². The van der Waals surface area contributed by atoms with Crippen LogP contribution in [0.4, 0.5) is 0 Å². The Labute approximate surface area is 42.0 Å². The fourth-order valence-electron chi connectivity index (χ4n) is 0. The third kappa shape index (κ3) is 2.64. The summed E-state index contributed by atoms with van der Waals surface area (Å²) in [5.41, 5.74) is 0. The summed E-state index contributed by atoms with van der Waals surface area (Å²) >= 11 is 1.43. The van der Waals surface area contributed by atoms with E-state index in [0.29, 0.717) is 0 Å². The molecule has 0 saturated carbocycles. The summed E-state index contributed by atoms with van der Waals surface area (Å²) in [5, 5.41) is 0. The third-order valence-electron chi connectivity index (χ3n) is 0.129. The van der Waals surface area contributed by atoms with E-state index in [1.54, 1.807) is 0 Å². The Morgan fingerprint density at radius 2 is 2.25 bits per heavy atom. The van der Waals surface area contributed by atoms with Crippen LogP contribution >= 0.6 is 0 Å². The van der Waals surface area contributed by atoms with Crippen molar-refractivity contribution < 1.29 is 0 Å². The Hall–Kier alpha value is 0.636. The number of rotatable bonds is 1. The number of allylic oxidation sites excluding steroid dienone is 1. The summed E-state index contributed by atoms with van der Waals surface area (Å²) in [4.78, 5) is 0. The van der Waals surface area contributed by atoms with Gasteiger partial charge in [-0.25, -0.2) is 0 Å². The van der Waals surface area contributed by atoms with Crippen molar-refractivity contribution >= 4 is 25.1 Å². The molecule has 4 heavy (non-hydrogen) atoms. The molecule has 0 aromatic heterocycles. The van der Waals surface area contributed by atoms with Crippen molar-refractivity contribution in [3.8, 4) is 0 Å². The van der Waals surface area contributed by atoms with E-state index in [2.05, 4.69) is 6.58 Å². The molecule has 24 valence electrons. The van der Waals surface area contributed by atoms with Crippen LogP contribution in [0.5, 0.6) is 0 Å². The minimum atomic E-state index is 1.19. The molecule has 0 aliphatic carbocycles. The molecule has 1 heteroatoms.